The van der Waals surface area contributed by atoms with Gasteiger partial charge < -0.3 is 21.2 Å². The third-order valence-corrected chi connectivity index (χ3v) is 2.99. The highest BCUT2D eigenvalue weighted by atomic mass is 16.4. The number of nitrogens with zero attached hydrogens (tertiary/aromatic N) is 2. The Labute approximate surface area is 91.3 Å². The smallest absolute Gasteiger partial charge is 0.143 e. The maximum Gasteiger partial charge on any atom is 0.143 e. The molecule has 0 amide bonds. The zero-order chi connectivity index (χ0) is 11.3. The molecule has 0 aromatic carbocycles. The van der Waals surface area contributed by atoms with Crippen LogP contribution in [0.5, 0.6) is 0 Å². The molecule has 5 heteroatoms. The quantitative estimate of drug-likeness (QED) is 0.259. The van der Waals surface area contributed by atoms with Crippen molar-refractivity contribution in [3.8, 4) is 0 Å². The molecule has 1 saturated heterocycles. The van der Waals surface area contributed by atoms with Crippen LogP contribution in [0, 0.1) is 11.8 Å². The molecule has 88 valence electrons. The van der Waals surface area contributed by atoms with E-state index in [-0.39, 0.29) is 5.92 Å². The normalized spacial score (nSPS) is 25.7. The van der Waals surface area contributed by atoms with E-state index < -0.39 is 0 Å². The standard InChI is InChI=1S/C10H22N4O/c1-8(10(11)13-15)5-12-6-9-3-4-14(2)7-9/h8-9,12,15H,3-7H2,1-2H3,(H2,11,13). The van der Waals surface area contributed by atoms with Crippen LogP contribution in [0.3, 0.4) is 0 Å². The molecule has 1 heterocycles. The van der Waals surface area contributed by atoms with Crippen LogP contribution in [0.2, 0.25) is 0 Å². The predicted octanol–water partition coefficient (Wildman–Crippen LogP) is -0.0898. The predicted molar refractivity (Wildman–Crippen MR) is 61.0 cm³/mol. The molecule has 15 heavy (non-hydrogen) atoms. The van der Waals surface area contributed by atoms with Crippen molar-refractivity contribution in [2.45, 2.75) is 13.3 Å². The van der Waals surface area contributed by atoms with Gasteiger partial charge in [0, 0.05) is 19.0 Å². The molecule has 0 bridgehead atoms. The fourth-order valence-corrected chi connectivity index (χ4v) is 1.90. The van der Waals surface area contributed by atoms with Crippen molar-refractivity contribution in [3.63, 3.8) is 0 Å². The first-order valence-corrected chi connectivity index (χ1v) is 5.50. The molecule has 0 radical (unpaired) electrons. The van der Waals surface area contributed by atoms with Gasteiger partial charge >= 0.3 is 0 Å². The Bertz CT molecular complexity index is 219. The van der Waals surface area contributed by atoms with Crippen LogP contribution in [0.25, 0.3) is 0 Å². The summed E-state index contributed by atoms with van der Waals surface area (Å²) in [4.78, 5) is 2.35. The van der Waals surface area contributed by atoms with Crippen LogP contribution in [-0.4, -0.2) is 49.2 Å². The highest BCUT2D eigenvalue weighted by Crippen LogP contribution is 2.12. The van der Waals surface area contributed by atoms with Gasteiger partial charge in [0.25, 0.3) is 0 Å². The van der Waals surface area contributed by atoms with E-state index in [0.717, 1.165) is 19.0 Å². The third-order valence-electron chi connectivity index (χ3n) is 2.99. The van der Waals surface area contributed by atoms with E-state index in [2.05, 4.69) is 22.4 Å². The molecule has 0 saturated carbocycles. The van der Waals surface area contributed by atoms with Crippen molar-refractivity contribution >= 4 is 5.84 Å². The number of nitrogens with two attached hydrogens (primary N) is 1. The molecule has 2 unspecified atom stereocenters. The van der Waals surface area contributed by atoms with Crippen LogP contribution in [0.15, 0.2) is 5.16 Å². The maximum absolute atomic E-state index is 8.48. The van der Waals surface area contributed by atoms with Gasteiger partial charge in [-0.3, -0.25) is 0 Å². The van der Waals surface area contributed by atoms with Crippen molar-refractivity contribution in [1.29, 1.82) is 0 Å². The van der Waals surface area contributed by atoms with E-state index >= 15 is 0 Å². The Balaban J connectivity index is 2.11. The molecule has 0 aromatic heterocycles. The lowest BCUT2D eigenvalue weighted by atomic mass is 10.1. The lowest BCUT2D eigenvalue weighted by Crippen LogP contribution is -2.34. The fraction of sp³-hybridized carbons (Fsp3) is 0.900. The minimum Gasteiger partial charge on any atom is -0.409 e. The van der Waals surface area contributed by atoms with Crippen LogP contribution < -0.4 is 11.1 Å². The Hall–Kier alpha value is -0.810. The van der Waals surface area contributed by atoms with Gasteiger partial charge in [-0.1, -0.05) is 12.1 Å². The molecule has 5 nitrogen and oxygen atoms in total. The van der Waals surface area contributed by atoms with Crippen molar-refractivity contribution in [2.24, 2.45) is 22.7 Å². The zero-order valence-corrected chi connectivity index (χ0v) is 9.61. The van der Waals surface area contributed by atoms with Gasteiger partial charge in [0.05, 0.1) is 0 Å². The summed E-state index contributed by atoms with van der Waals surface area (Å²) in [6.07, 6.45) is 1.27. The van der Waals surface area contributed by atoms with E-state index in [1.807, 2.05) is 6.92 Å². The monoisotopic (exact) mass is 214 g/mol. The third kappa shape index (κ3) is 4.05. The molecule has 2 atom stereocenters. The summed E-state index contributed by atoms with van der Waals surface area (Å²) in [5.41, 5.74) is 5.48. The summed E-state index contributed by atoms with van der Waals surface area (Å²) in [6.45, 7) is 6.11. The lowest BCUT2D eigenvalue weighted by molar-refractivity contribution is 0.313. The van der Waals surface area contributed by atoms with Gasteiger partial charge in [0.1, 0.15) is 5.84 Å². The second-order valence-corrected chi connectivity index (χ2v) is 4.50. The molecule has 0 spiro atoms. The second-order valence-electron chi connectivity index (χ2n) is 4.50. The average Bonchev–Trinajstić information content (AvgIpc) is 2.63. The number of hydrogen-bond donors (Lipinski definition) is 3. The van der Waals surface area contributed by atoms with Crippen molar-refractivity contribution < 1.29 is 5.21 Å². The van der Waals surface area contributed by atoms with E-state index in [4.69, 9.17) is 10.9 Å². The summed E-state index contributed by atoms with van der Waals surface area (Å²) in [7, 11) is 2.15. The van der Waals surface area contributed by atoms with E-state index in [0.29, 0.717) is 5.84 Å². The summed E-state index contributed by atoms with van der Waals surface area (Å²) >= 11 is 0. The summed E-state index contributed by atoms with van der Waals surface area (Å²) in [6, 6.07) is 0. The first kappa shape index (κ1) is 12.3. The average molecular weight is 214 g/mol. The largest absolute Gasteiger partial charge is 0.409 e. The molecule has 1 aliphatic heterocycles. The Morgan fingerprint density at radius 1 is 1.73 bits per heavy atom. The highest BCUT2D eigenvalue weighted by molar-refractivity contribution is 5.82. The van der Waals surface area contributed by atoms with Gasteiger partial charge in [0.15, 0.2) is 0 Å². The van der Waals surface area contributed by atoms with Gasteiger partial charge in [-0.15, -0.1) is 0 Å². The van der Waals surface area contributed by atoms with Crippen LogP contribution >= 0.6 is 0 Å². The first-order chi connectivity index (χ1) is 7.13. The van der Waals surface area contributed by atoms with Crippen molar-refractivity contribution in [3.05, 3.63) is 0 Å². The maximum atomic E-state index is 8.48. The topological polar surface area (TPSA) is 73.9 Å². The van der Waals surface area contributed by atoms with Crippen LogP contribution in [0.4, 0.5) is 0 Å². The molecule has 1 rings (SSSR count). The van der Waals surface area contributed by atoms with Crippen molar-refractivity contribution in [1.82, 2.24) is 10.2 Å². The minimum atomic E-state index is 0.0918. The second kappa shape index (κ2) is 5.92. The molecule has 1 fully saturated rings. The van der Waals surface area contributed by atoms with E-state index in [1.54, 1.807) is 0 Å². The van der Waals surface area contributed by atoms with Crippen LogP contribution in [0.1, 0.15) is 13.3 Å². The highest BCUT2D eigenvalue weighted by Gasteiger charge is 2.19. The fourth-order valence-electron chi connectivity index (χ4n) is 1.90. The number of oxime groups is 1. The number of nitrogens with one attached hydrogen (secondary N) is 1. The molecular weight excluding hydrogens is 192 g/mol. The molecule has 0 aromatic rings. The molecule has 1 aliphatic rings. The summed E-state index contributed by atoms with van der Waals surface area (Å²) in [5, 5.41) is 14.8. The summed E-state index contributed by atoms with van der Waals surface area (Å²) < 4.78 is 0. The number of amidine groups is 1. The minimum absolute atomic E-state index is 0.0918. The van der Waals surface area contributed by atoms with E-state index in [9.17, 15) is 0 Å². The van der Waals surface area contributed by atoms with E-state index in [1.165, 1.54) is 19.5 Å². The zero-order valence-electron chi connectivity index (χ0n) is 9.61. The van der Waals surface area contributed by atoms with Gasteiger partial charge in [-0.25, -0.2) is 0 Å². The molecular formula is C10H22N4O. The number of rotatable bonds is 5. The molecule has 4 N–H and O–H groups in total. The number of hydrogen-bond acceptors (Lipinski definition) is 4. The Kier molecular flexibility index (Phi) is 4.84. The van der Waals surface area contributed by atoms with Gasteiger partial charge in [-0.05, 0) is 32.5 Å². The van der Waals surface area contributed by atoms with Gasteiger partial charge in [0.2, 0.25) is 0 Å². The van der Waals surface area contributed by atoms with Crippen molar-refractivity contribution in [2.75, 3.05) is 33.2 Å². The SMILES string of the molecule is CC(CNCC1CCN(C)C1)C(N)=NO. The Morgan fingerprint density at radius 2 is 2.47 bits per heavy atom. The molecule has 0 aliphatic carbocycles. The Morgan fingerprint density at radius 3 is 3.00 bits per heavy atom. The number of likely N-dealkylation sites (tertiary alicyclic amines) is 1. The first-order valence-electron chi connectivity index (χ1n) is 5.50. The van der Waals surface area contributed by atoms with Crippen LogP contribution in [-0.2, 0) is 0 Å². The lowest BCUT2D eigenvalue weighted by Gasteiger charge is -2.14. The van der Waals surface area contributed by atoms with Gasteiger partial charge in [-0.2, -0.15) is 0 Å². The summed E-state index contributed by atoms with van der Waals surface area (Å²) in [5.74, 6) is 1.13.